The number of quaternary nitrogens is 1. The molecule has 0 saturated carbocycles. The number of piperazine rings is 1. The largest absolute Gasteiger partial charge is 0.550 e. The Bertz CT molecular complexity index is 467. The van der Waals surface area contributed by atoms with Gasteiger partial charge in [-0.1, -0.05) is 30.3 Å². The van der Waals surface area contributed by atoms with Crippen LogP contribution in [0.1, 0.15) is 24.9 Å². The highest BCUT2D eigenvalue weighted by Gasteiger charge is 2.27. The number of nitrogens with zero attached hydrogens (tertiary/aromatic N) is 1. The summed E-state index contributed by atoms with van der Waals surface area (Å²) < 4.78 is 0. The van der Waals surface area contributed by atoms with E-state index in [-0.39, 0.29) is 5.91 Å². The summed E-state index contributed by atoms with van der Waals surface area (Å²) in [6, 6.07) is 10.7. The lowest BCUT2D eigenvalue weighted by Crippen LogP contribution is -3.14. The summed E-state index contributed by atoms with van der Waals surface area (Å²) in [4.78, 5) is 25.1. The normalized spacial score (nSPS) is 17.8. The summed E-state index contributed by atoms with van der Waals surface area (Å²) in [6.07, 6.45) is -0.510. The maximum Gasteiger partial charge on any atom is 0.228 e. The molecule has 1 aliphatic rings. The smallest absolute Gasteiger partial charge is 0.228 e. The van der Waals surface area contributed by atoms with Gasteiger partial charge in [0.25, 0.3) is 0 Å². The lowest BCUT2D eigenvalue weighted by atomic mass is 10.1. The van der Waals surface area contributed by atoms with E-state index in [9.17, 15) is 14.7 Å². The molecule has 2 rings (SSSR count). The minimum Gasteiger partial charge on any atom is -0.550 e. The number of aliphatic carboxylic acids is 1. The molecule has 1 aromatic rings. The molecule has 1 saturated heterocycles. The zero-order valence-corrected chi connectivity index (χ0v) is 11.7. The average molecular weight is 276 g/mol. The molecule has 0 bridgehead atoms. The molecule has 1 heterocycles. The Hall–Kier alpha value is -1.88. The summed E-state index contributed by atoms with van der Waals surface area (Å²) >= 11 is 0. The van der Waals surface area contributed by atoms with E-state index in [2.05, 4.69) is 19.1 Å². The van der Waals surface area contributed by atoms with Crippen molar-refractivity contribution in [3.8, 4) is 0 Å². The van der Waals surface area contributed by atoms with Crippen LogP contribution in [0.3, 0.4) is 0 Å². The van der Waals surface area contributed by atoms with Crippen LogP contribution in [0.4, 0.5) is 0 Å². The van der Waals surface area contributed by atoms with Crippen LogP contribution in [0.5, 0.6) is 0 Å². The number of carbonyl (C=O) groups is 2. The van der Waals surface area contributed by atoms with Crippen LogP contribution in [-0.2, 0) is 9.59 Å². The van der Waals surface area contributed by atoms with Crippen LogP contribution in [0, 0.1) is 0 Å². The fourth-order valence-corrected chi connectivity index (χ4v) is 2.69. The van der Waals surface area contributed by atoms with Gasteiger partial charge >= 0.3 is 0 Å². The molecule has 1 fully saturated rings. The molecule has 1 aliphatic heterocycles. The van der Waals surface area contributed by atoms with Gasteiger partial charge in [0.15, 0.2) is 0 Å². The Morgan fingerprint density at radius 3 is 2.40 bits per heavy atom. The Balaban J connectivity index is 1.88. The minimum atomic E-state index is -1.30. The summed E-state index contributed by atoms with van der Waals surface area (Å²) in [6.45, 7) is 5.09. The topological polar surface area (TPSA) is 64.9 Å². The summed E-state index contributed by atoms with van der Waals surface area (Å²) in [5.74, 6) is -1.64. The predicted octanol–water partition coefficient (Wildman–Crippen LogP) is -1.39. The van der Waals surface area contributed by atoms with Crippen LogP contribution < -0.4 is 10.0 Å². The molecule has 0 spiro atoms. The van der Waals surface area contributed by atoms with Gasteiger partial charge in [-0.3, -0.25) is 4.79 Å². The van der Waals surface area contributed by atoms with Crippen molar-refractivity contribution >= 4 is 11.9 Å². The number of benzene rings is 1. The van der Waals surface area contributed by atoms with Crippen molar-refractivity contribution < 1.29 is 19.6 Å². The first kappa shape index (κ1) is 14.5. The molecule has 0 aliphatic carbocycles. The quantitative estimate of drug-likeness (QED) is 0.689. The van der Waals surface area contributed by atoms with E-state index in [1.165, 1.54) is 10.5 Å². The molecule has 1 atom stereocenters. The average Bonchev–Trinajstić information content (AvgIpc) is 2.47. The van der Waals surface area contributed by atoms with Crippen LogP contribution in [0.25, 0.3) is 0 Å². The van der Waals surface area contributed by atoms with Gasteiger partial charge in [-0.05, 0) is 6.92 Å². The van der Waals surface area contributed by atoms with E-state index in [1.54, 1.807) is 4.90 Å². The van der Waals surface area contributed by atoms with Crippen molar-refractivity contribution in [3.05, 3.63) is 35.9 Å². The number of carboxylic acids is 1. The molecule has 1 N–H and O–H groups in total. The SMILES string of the molecule is C[C@@H](c1ccccc1)[NH+]1CCN(C(=O)CC(=O)[O-])CC1. The third-order valence-electron chi connectivity index (χ3n) is 3.97. The molecule has 20 heavy (non-hydrogen) atoms. The van der Waals surface area contributed by atoms with Gasteiger partial charge in [-0.15, -0.1) is 0 Å². The number of rotatable bonds is 4. The lowest BCUT2D eigenvalue weighted by Gasteiger charge is -2.35. The van der Waals surface area contributed by atoms with Crippen LogP contribution in [-0.4, -0.2) is 43.0 Å². The van der Waals surface area contributed by atoms with E-state index in [0.29, 0.717) is 19.1 Å². The molecule has 108 valence electrons. The Morgan fingerprint density at radius 2 is 1.85 bits per heavy atom. The number of hydrogen-bond donors (Lipinski definition) is 1. The van der Waals surface area contributed by atoms with Gasteiger partial charge in [-0.25, -0.2) is 0 Å². The maximum atomic E-state index is 11.7. The van der Waals surface area contributed by atoms with Gasteiger partial charge in [0.05, 0.1) is 38.6 Å². The fourth-order valence-electron chi connectivity index (χ4n) is 2.69. The van der Waals surface area contributed by atoms with Gasteiger partial charge in [0.2, 0.25) is 5.91 Å². The van der Waals surface area contributed by atoms with Crippen molar-refractivity contribution in [1.29, 1.82) is 0 Å². The minimum absolute atomic E-state index is 0.337. The Morgan fingerprint density at radius 1 is 1.25 bits per heavy atom. The molecule has 0 aromatic heterocycles. The summed E-state index contributed by atoms with van der Waals surface area (Å²) in [5, 5.41) is 10.4. The van der Waals surface area contributed by atoms with Gasteiger partial charge in [-0.2, -0.15) is 0 Å². The Kier molecular flexibility index (Phi) is 4.74. The third-order valence-corrected chi connectivity index (χ3v) is 3.97. The first-order valence-corrected chi connectivity index (χ1v) is 6.95. The van der Waals surface area contributed by atoms with Gasteiger partial charge in [0, 0.05) is 5.56 Å². The molecule has 5 heteroatoms. The summed E-state index contributed by atoms with van der Waals surface area (Å²) in [5.41, 5.74) is 1.29. The molecule has 0 radical (unpaired) electrons. The third kappa shape index (κ3) is 3.57. The number of nitrogens with one attached hydrogen (secondary N) is 1. The zero-order chi connectivity index (χ0) is 14.5. The van der Waals surface area contributed by atoms with Gasteiger partial charge < -0.3 is 19.7 Å². The maximum absolute atomic E-state index is 11.7. The van der Waals surface area contributed by atoms with E-state index >= 15 is 0 Å². The second kappa shape index (κ2) is 6.52. The van der Waals surface area contributed by atoms with Crippen molar-refractivity contribution in [1.82, 2.24) is 4.90 Å². The number of amides is 1. The summed E-state index contributed by atoms with van der Waals surface area (Å²) in [7, 11) is 0. The fraction of sp³-hybridized carbons (Fsp3) is 0.467. The van der Waals surface area contributed by atoms with E-state index in [1.807, 2.05) is 18.2 Å². The van der Waals surface area contributed by atoms with E-state index < -0.39 is 12.4 Å². The van der Waals surface area contributed by atoms with Crippen molar-refractivity contribution in [2.24, 2.45) is 0 Å². The Labute approximate surface area is 118 Å². The molecule has 1 amide bonds. The molecule has 1 aromatic carbocycles. The van der Waals surface area contributed by atoms with Crippen LogP contribution >= 0.6 is 0 Å². The van der Waals surface area contributed by atoms with Crippen molar-refractivity contribution in [2.75, 3.05) is 26.2 Å². The second-order valence-corrected chi connectivity index (χ2v) is 5.22. The predicted molar refractivity (Wildman–Crippen MR) is 71.8 cm³/mol. The van der Waals surface area contributed by atoms with Crippen LogP contribution in [0.2, 0.25) is 0 Å². The van der Waals surface area contributed by atoms with Crippen LogP contribution in [0.15, 0.2) is 30.3 Å². The first-order chi connectivity index (χ1) is 9.58. The van der Waals surface area contributed by atoms with Gasteiger partial charge in [0.1, 0.15) is 6.04 Å². The van der Waals surface area contributed by atoms with Crippen molar-refractivity contribution in [2.45, 2.75) is 19.4 Å². The van der Waals surface area contributed by atoms with Crippen molar-refractivity contribution in [3.63, 3.8) is 0 Å². The number of carbonyl (C=O) groups excluding carboxylic acids is 2. The standard InChI is InChI=1S/C15H20N2O3/c1-12(13-5-3-2-4-6-13)16-7-9-17(10-8-16)14(18)11-15(19)20/h2-6,12H,7-11H2,1H3,(H,19,20)/t12-/m0/s1. The number of carboxylic acid groups (broad SMARTS) is 1. The highest BCUT2D eigenvalue weighted by atomic mass is 16.4. The molecule has 5 nitrogen and oxygen atoms in total. The molecule has 0 unspecified atom stereocenters. The number of hydrogen-bond acceptors (Lipinski definition) is 3. The lowest BCUT2D eigenvalue weighted by molar-refractivity contribution is -0.933. The highest BCUT2D eigenvalue weighted by Crippen LogP contribution is 2.08. The van der Waals surface area contributed by atoms with E-state index in [4.69, 9.17) is 0 Å². The second-order valence-electron chi connectivity index (χ2n) is 5.22. The highest BCUT2D eigenvalue weighted by molar-refractivity contribution is 5.92. The zero-order valence-electron chi connectivity index (χ0n) is 11.7. The van der Waals surface area contributed by atoms with E-state index in [0.717, 1.165) is 13.1 Å². The monoisotopic (exact) mass is 276 g/mol. The first-order valence-electron chi connectivity index (χ1n) is 6.95. The molecular weight excluding hydrogens is 256 g/mol. The molecular formula is C15H20N2O3.